The van der Waals surface area contributed by atoms with Crippen LogP contribution in [0.1, 0.15) is 38.2 Å². The van der Waals surface area contributed by atoms with Gasteiger partial charge in [-0.05, 0) is 50.3 Å². The Hall–Kier alpha value is -1.59. The van der Waals surface area contributed by atoms with Crippen LogP contribution in [0.4, 0.5) is 0 Å². The number of nitrogens with zero attached hydrogens (tertiary/aromatic N) is 2. The molecular formula is C20H30N2O3. The van der Waals surface area contributed by atoms with Crippen LogP contribution < -0.4 is 4.74 Å². The fourth-order valence-corrected chi connectivity index (χ4v) is 3.98. The quantitative estimate of drug-likeness (QED) is 0.857. The fraction of sp³-hybridized carbons (Fsp3) is 0.650. The zero-order valence-corrected chi connectivity index (χ0v) is 15.2. The second-order valence-electron chi connectivity index (χ2n) is 7.06. The van der Waals surface area contributed by atoms with Gasteiger partial charge in [0.15, 0.2) is 0 Å². The molecule has 1 saturated heterocycles. The monoisotopic (exact) mass is 346 g/mol. The highest BCUT2D eigenvalue weighted by Gasteiger charge is 2.33. The molecule has 1 aromatic rings. The molecular weight excluding hydrogens is 316 g/mol. The number of piperazine rings is 1. The van der Waals surface area contributed by atoms with Crippen molar-refractivity contribution in [3.63, 3.8) is 0 Å². The van der Waals surface area contributed by atoms with Crippen molar-refractivity contribution in [3.8, 4) is 5.75 Å². The van der Waals surface area contributed by atoms with Gasteiger partial charge in [0.25, 0.3) is 0 Å². The van der Waals surface area contributed by atoms with Crippen LogP contribution in [0, 0.1) is 0 Å². The van der Waals surface area contributed by atoms with Crippen LogP contribution in [-0.4, -0.2) is 65.7 Å². The summed E-state index contributed by atoms with van der Waals surface area (Å²) in [5.74, 6) is 1.11. The Morgan fingerprint density at radius 2 is 1.88 bits per heavy atom. The highest BCUT2D eigenvalue weighted by atomic mass is 16.5. The van der Waals surface area contributed by atoms with Crippen LogP contribution in [0.5, 0.6) is 5.75 Å². The third-order valence-corrected chi connectivity index (χ3v) is 5.44. The molecule has 0 bridgehead atoms. The molecule has 2 aliphatic rings. The minimum atomic E-state index is -0.179. The number of ether oxygens (including phenoxy) is 1. The maximum atomic E-state index is 12.5. The molecule has 1 heterocycles. The lowest BCUT2D eigenvalue weighted by atomic mass is 10.1. The van der Waals surface area contributed by atoms with E-state index in [9.17, 15) is 9.90 Å². The van der Waals surface area contributed by atoms with Crippen molar-refractivity contribution in [1.29, 1.82) is 0 Å². The number of amides is 1. The van der Waals surface area contributed by atoms with E-state index in [0.29, 0.717) is 19.1 Å². The maximum absolute atomic E-state index is 12.5. The van der Waals surface area contributed by atoms with Crippen LogP contribution in [0.25, 0.3) is 0 Å². The molecule has 0 unspecified atom stereocenters. The summed E-state index contributed by atoms with van der Waals surface area (Å²) >= 11 is 0. The standard InChI is InChI=1S/C20H30N2O3/c1-2-25-17-9-6-16(7-10-17)8-11-20(24)22-14-12-21(13-15-22)18-4-3-5-19(18)23/h6-7,9-10,18-19,23H,2-5,8,11-15H2,1H3/t18-,19-/m1/s1. The van der Waals surface area contributed by atoms with Gasteiger partial charge in [-0.15, -0.1) is 0 Å². The minimum absolute atomic E-state index is 0.179. The van der Waals surface area contributed by atoms with Crippen molar-refractivity contribution in [2.75, 3.05) is 32.8 Å². The van der Waals surface area contributed by atoms with E-state index in [1.54, 1.807) is 0 Å². The first-order valence-corrected chi connectivity index (χ1v) is 9.59. The number of benzene rings is 1. The van der Waals surface area contributed by atoms with E-state index in [-0.39, 0.29) is 12.0 Å². The van der Waals surface area contributed by atoms with Gasteiger partial charge >= 0.3 is 0 Å². The number of hydrogen-bond donors (Lipinski definition) is 1. The van der Waals surface area contributed by atoms with Crippen LogP contribution >= 0.6 is 0 Å². The summed E-state index contributed by atoms with van der Waals surface area (Å²) < 4.78 is 5.44. The maximum Gasteiger partial charge on any atom is 0.222 e. The second-order valence-corrected chi connectivity index (χ2v) is 7.06. The average Bonchev–Trinajstić information content (AvgIpc) is 3.07. The third-order valence-electron chi connectivity index (χ3n) is 5.44. The molecule has 0 aromatic heterocycles. The lowest BCUT2D eigenvalue weighted by Crippen LogP contribution is -2.53. The molecule has 1 saturated carbocycles. The van der Waals surface area contributed by atoms with E-state index >= 15 is 0 Å². The van der Waals surface area contributed by atoms with Crippen molar-refractivity contribution >= 4 is 5.91 Å². The molecule has 1 aromatic carbocycles. The molecule has 3 rings (SSSR count). The lowest BCUT2D eigenvalue weighted by molar-refractivity contribution is -0.133. The van der Waals surface area contributed by atoms with Gasteiger partial charge in [0.2, 0.25) is 5.91 Å². The zero-order chi connectivity index (χ0) is 17.6. The first kappa shape index (κ1) is 18.2. The Morgan fingerprint density at radius 3 is 2.48 bits per heavy atom. The zero-order valence-electron chi connectivity index (χ0n) is 15.2. The molecule has 2 atom stereocenters. The lowest BCUT2D eigenvalue weighted by Gasteiger charge is -2.39. The first-order chi connectivity index (χ1) is 12.2. The van der Waals surface area contributed by atoms with Crippen LogP contribution in [0.15, 0.2) is 24.3 Å². The number of carbonyl (C=O) groups is 1. The Bertz CT molecular complexity index is 553. The van der Waals surface area contributed by atoms with Gasteiger partial charge in [0.1, 0.15) is 5.75 Å². The number of rotatable bonds is 6. The number of carbonyl (C=O) groups excluding carboxylic acids is 1. The normalized spacial score (nSPS) is 24.5. The van der Waals surface area contributed by atoms with E-state index in [4.69, 9.17) is 4.74 Å². The van der Waals surface area contributed by atoms with E-state index in [1.165, 1.54) is 5.56 Å². The molecule has 0 radical (unpaired) electrons. The van der Waals surface area contributed by atoms with E-state index in [0.717, 1.165) is 57.6 Å². The Kier molecular flexibility index (Phi) is 6.32. The molecule has 5 nitrogen and oxygen atoms in total. The summed E-state index contributed by atoms with van der Waals surface area (Å²) in [6.45, 7) is 5.98. The minimum Gasteiger partial charge on any atom is -0.494 e. The Balaban J connectivity index is 1.42. The van der Waals surface area contributed by atoms with E-state index in [2.05, 4.69) is 4.90 Å². The van der Waals surface area contributed by atoms with Crippen molar-refractivity contribution in [1.82, 2.24) is 9.80 Å². The molecule has 0 spiro atoms. The SMILES string of the molecule is CCOc1ccc(CCC(=O)N2CCN([C@@H]3CCC[C@H]3O)CC2)cc1. The fourth-order valence-electron chi connectivity index (χ4n) is 3.98. The first-order valence-electron chi connectivity index (χ1n) is 9.59. The predicted molar refractivity (Wildman–Crippen MR) is 97.7 cm³/mol. The van der Waals surface area contributed by atoms with Gasteiger partial charge < -0.3 is 14.7 Å². The van der Waals surface area contributed by atoms with Gasteiger partial charge in [0.05, 0.1) is 12.7 Å². The Morgan fingerprint density at radius 1 is 1.16 bits per heavy atom. The number of aryl methyl sites for hydroxylation is 1. The van der Waals surface area contributed by atoms with Crippen LogP contribution in [0.2, 0.25) is 0 Å². The molecule has 138 valence electrons. The second kappa shape index (κ2) is 8.68. The predicted octanol–water partition coefficient (Wildman–Crippen LogP) is 2.08. The van der Waals surface area contributed by atoms with Crippen molar-refractivity contribution < 1.29 is 14.6 Å². The summed E-state index contributed by atoms with van der Waals surface area (Å²) in [5.41, 5.74) is 1.17. The van der Waals surface area contributed by atoms with E-state index in [1.807, 2.05) is 36.1 Å². The van der Waals surface area contributed by atoms with Crippen molar-refractivity contribution in [2.45, 2.75) is 51.2 Å². The summed E-state index contributed by atoms with van der Waals surface area (Å²) in [7, 11) is 0. The number of aliphatic hydroxyl groups excluding tert-OH is 1. The summed E-state index contributed by atoms with van der Waals surface area (Å²) in [6.07, 6.45) is 4.28. The van der Waals surface area contributed by atoms with Crippen molar-refractivity contribution in [3.05, 3.63) is 29.8 Å². The highest BCUT2D eigenvalue weighted by Crippen LogP contribution is 2.25. The van der Waals surface area contributed by atoms with Crippen molar-refractivity contribution in [2.24, 2.45) is 0 Å². The largest absolute Gasteiger partial charge is 0.494 e. The average molecular weight is 346 g/mol. The van der Waals surface area contributed by atoms with Gasteiger partial charge in [-0.1, -0.05) is 12.1 Å². The van der Waals surface area contributed by atoms with Gasteiger partial charge in [-0.2, -0.15) is 0 Å². The van der Waals surface area contributed by atoms with Gasteiger partial charge in [-0.25, -0.2) is 0 Å². The topological polar surface area (TPSA) is 53.0 Å². The number of aliphatic hydroxyl groups is 1. The number of hydrogen-bond acceptors (Lipinski definition) is 4. The molecule has 2 fully saturated rings. The van der Waals surface area contributed by atoms with Gasteiger partial charge in [0, 0.05) is 38.6 Å². The van der Waals surface area contributed by atoms with Crippen LogP contribution in [-0.2, 0) is 11.2 Å². The summed E-state index contributed by atoms with van der Waals surface area (Å²) in [5, 5.41) is 10.0. The Labute approximate surface area is 150 Å². The third kappa shape index (κ3) is 4.73. The molecule has 1 aliphatic heterocycles. The summed E-state index contributed by atoms with van der Waals surface area (Å²) in [6, 6.07) is 8.32. The van der Waals surface area contributed by atoms with E-state index < -0.39 is 0 Å². The molecule has 1 N–H and O–H groups in total. The molecule has 1 amide bonds. The molecule has 5 heteroatoms. The highest BCUT2D eigenvalue weighted by molar-refractivity contribution is 5.76. The molecule has 25 heavy (non-hydrogen) atoms. The smallest absolute Gasteiger partial charge is 0.222 e. The summed E-state index contributed by atoms with van der Waals surface area (Å²) in [4.78, 5) is 16.8. The van der Waals surface area contributed by atoms with Gasteiger partial charge in [-0.3, -0.25) is 9.69 Å². The van der Waals surface area contributed by atoms with Crippen LogP contribution in [0.3, 0.4) is 0 Å². The molecule has 1 aliphatic carbocycles.